The number of pyridine rings is 1. The molecule has 0 bridgehead atoms. The highest BCUT2D eigenvalue weighted by Gasteiger charge is 2.32. The third-order valence-electron chi connectivity index (χ3n) is 5.63. The Labute approximate surface area is 161 Å². The summed E-state index contributed by atoms with van der Waals surface area (Å²) in [6.07, 6.45) is 1.90. The molecule has 3 heterocycles. The van der Waals surface area contributed by atoms with Crippen molar-refractivity contribution in [3.63, 3.8) is 0 Å². The first-order valence-electron chi connectivity index (χ1n) is 9.08. The van der Waals surface area contributed by atoms with Crippen LogP contribution in [-0.2, 0) is 0 Å². The van der Waals surface area contributed by atoms with Crippen molar-refractivity contribution in [1.82, 2.24) is 8.94 Å². The second-order valence-electron chi connectivity index (χ2n) is 7.37. The van der Waals surface area contributed by atoms with Gasteiger partial charge in [0.1, 0.15) is 16.0 Å². The van der Waals surface area contributed by atoms with Gasteiger partial charge in [-0.1, -0.05) is 5.16 Å². The smallest absolute Gasteiger partial charge is 0.271 e. The van der Waals surface area contributed by atoms with Gasteiger partial charge in [-0.25, -0.2) is 4.39 Å². The highest BCUT2D eigenvalue weighted by Crippen LogP contribution is 2.41. The molecule has 4 N–H and O–H groups in total. The summed E-state index contributed by atoms with van der Waals surface area (Å²) in [5, 5.41) is 12.8. The van der Waals surface area contributed by atoms with E-state index in [4.69, 9.17) is 5.73 Å². The number of nitrogens with zero attached hydrogens (tertiary/aromatic N) is 3. The Morgan fingerprint density at radius 2 is 2.14 bits per heavy atom. The van der Waals surface area contributed by atoms with E-state index in [1.165, 1.54) is 6.07 Å². The van der Waals surface area contributed by atoms with E-state index < -0.39 is 16.8 Å². The van der Waals surface area contributed by atoms with Crippen LogP contribution in [-0.4, -0.2) is 39.5 Å². The van der Waals surface area contributed by atoms with E-state index in [1.807, 2.05) is 4.57 Å². The minimum Gasteiger partial charge on any atom is -0.411 e. The summed E-state index contributed by atoms with van der Waals surface area (Å²) in [6.45, 7) is 1.01. The first kappa shape index (κ1) is 17.4. The minimum absolute atomic E-state index is 0.0932. The predicted molar refractivity (Wildman–Crippen MR) is 106 cm³/mol. The van der Waals surface area contributed by atoms with E-state index in [9.17, 15) is 19.2 Å². The molecule has 146 valence electrons. The standard InChI is InChI=1S/C18H18FN5O3S/c19-11-3-10-13(4-14(11)23-6-8(5-20)12(7-23)21-27)24(9-1-2-9)18-15(16(10)25)17(26)22-28-18/h3-4,8-9,27H,1-2,5-7,20H2,(H,22,26). The first-order valence-corrected chi connectivity index (χ1v) is 9.90. The van der Waals surface area contributed by atoms with Crippen LogP contribution in [0.4, 0.5) is 10.1 Å². The van der Waals surface area contributed by atoms with Crippen LogP contribution in [0.5, 0.6) is 0 Å². The van der Waals surface area contributed by atoms with Crippen LogP contribution in [0.3, 0.4) is 0 Å². The number of hydrogen-bond donors (Lipinski definition) is 3. The fraction of sp³-hybridized carbons (Fsp3) is 0.389. The van der Waals surface area contributed by atoms with E-state index in [2.05, 4.69) is 9.53 Å². The first-order chi connectivity index (χ1) is 13.5. The molecule has 1 aromatic carbocycles. The number of anilines is 1. The van der Waals surface area contributed by atoms with Gasteiger partial charge in [0.25, 0.3) is 5.56 Å². The lowest BCUT2D eigenvalue weighted by atomic mass is 10.1. The Hall–Kier alpha value is -2.72. The number of H-pyrrole nitrogens is 1. The SMILES string of the molecule is NCC1CN(c2cc3c(cc2F)c(=O)c2c(=O)[nH]sc2n3C2CC2)CC1=NO. The molecule has 0 radical (unpaired) electrons. The van der Waals surface area contributed by atoms with Crippen molar-refractivity contribution in [3.05, 3.63) is 38.5 Å². The molecular weight excluding hydrogens is 385 g/mol. The van der Waals surface area contributed by atoms with Gasteiger partial charge >= 0.3 is 0 Å². The van der Waals surface area contributed by atoms with Crippen LogP contribution in [0.25, 0.3) is 21.1 Å². The van der Waals surface area contributed by atoms with Gasteiger partial charge in [0.05, 0.1) is 23.5 Å². The number of nitrogens with two attached hydrogens (primary N) is 1. The number of hydrogen-bond acceptors (Lipinski definition) is 7. The second-order valence-corrected chi connectivity index (χ2v) is 8.16. The lowest BCUT2D eigenvalue weighted by Gasteiger charge is -2.20. The summed E-state index contributed by atoms with van der Waals surface area (Å²) in [6, 6.07) is 3.08. The normalized spacial score (nSPS) is 21.4. The topological polar surface area (TPSA) is 117 Å². The number of halogens is 1. The van der Waals surface area contributed by atoms with Gasteiger partial charge in [-0.05, 0) is 36.5 Å². The van der Waals surface area contributed by atoms with Crippen molar-refractivity contribution >= 4 is 44.1 Å². The number of nitrogens with one attached hydrogen (secondary N) is 1. The molecular formula is C18H18FN5O3S. The average molecular weight is 403 g/mol. The molecule has 10 heteroatoms. The van der Waals surface area contributed by atoms with Gasteiger partial charge in [-0.3, -0.25) is 14.0 Å². The summed E-state index contributed by atoms with van der Waals surface area (Å²) in [5.74, 6) is -0.698. The van der Waals surface area contributed by atoms with E-state index in [-0.39, 0.29) is 29.3 Å². The Balaban J connectivity index is 1.77. The largest absolute Gasteiger partial charge is 0.411 e. The second kappa shape index (κ2) is 6.14. The average Bonchev–Trinajstić information content (AvgIpc) is 3.32. The maximum absolute atomic E-state index is 15.0. The molecule has 0 spiro atoms. The van der Waals surface area contributed by atoms with Crippen LogP contribution in [0.15, 0.2) is 26.9 Å². The molecule has 28 heavy (non-hydrogen) atoms. The monoisotopic (exact) mass is 403 g/mol. The molecule has 1 saturated carbocycles. The van der Waals surface area contributed by atoms with Gasteiger partial charge in [-0.15, -0.1) is 0 Å². The van der Waals surface area contributed by atoms with E-state index in [1.54, 1.807) is 11.0 Å². The molecule has 1 saturated heterocycles. The van der Waals surface area contributed by atoms with E-state index >= 15 is 0 Å². The van der Waals surface area contributed by atoms with Crippen LogP contribution >= 0.6 is 11.5 Å². The molecule has 3 aromatic rings. The molecule has 5 rings (SSSR count). The van der Waals surface area contributed by atoms with Crippen molar-refractivity contribution < 1.29 is 9.60 Å². The summed E-state index contributed by atoms with van der Waals surface area (Å²) >= 11 is 1.14. The summed E-state index contributed by atoms with van der Waals surface area (Å²) < 4.78 is 19.6. The molecule has 1 unspecified atom stereocenters. The zero-order valence-electron chi connectivity index (χ0n) is 14.8. The lowest BCUT2D eigenvalue weighted by Crippen LogP contribution is -2.24. The number of benzene rings is 1. The highest BCUT2D eigenvalue weighted by molar-refractivity contribution is 7.12. The van der Waals surface area contributed by atoms with Crippen LogP contribution in [0, 0.1) is 11.7 Å². The Bertz CT molecular complexity index is 1260. The molecule has 0 amide bonds. The van der Waals surface area contributed by atoms with Crippen molar-refractivity contribution in [2.75, 3.05) is 24.5 Å². The highest BCUT2D eigenvalue weighted by atomic mass is 32.1. The molecule has 1 aliphatic heterocycles. The van der Waals surface area contributed by atoms with Crippen molar-refractivity contribution in [2.45, 2.75) is 18.9 Å². The van der Waals surface area contributed by atoms with E-state index in [0.717, 1.165) is 24.4 Å². The van der Waals surface area contributed by atoms with Gasteiger partial charge in [0, 0.05) is 30.4 Å². The van der Waals surface area contributed by atoms with Crippen LogP contribution in [0.2, 0.25) is 0 Å². The Morgan fingerprint density at radius 1 is 1.36 bits per heavy atom. The van der Waals surface area contributed by atoms with Gasteiger partial charge in [0.2, 0.25) is 5.43 Å². The third kappa shape index (κ3) is 2.41. The summed E-state index contributed by atoms with van der Waals surface area (Å²) in [4.78, 5) is 27.4. The maximum Gasteiger partial charge on any atom is 0.271 e. The molecule has 1 atom stereocenters. The van der Waals surface area contributed by atoms with E-state index in [0.29, 0.717) is 34.8 Å². The zero-order valence-corrected chi connectivity index (χ0v) is 15.6. The molecule has 1 aliphatic carbocycles. The number of rotatable bonds is 3. The summed E-state index contributed by atoms with van der Waals surface area (Å²) in [7, 11) is 0. The molecule has 8 nitrogen and oxygen atoms in total. The van der Waals surface area contributed by atoms with Gasteiger partial charge in [0.15, 0.2) is 0 Å². The Morgan fingerprint density at radius 3 is 2.79 bits per heavy atom. The number of aromatic amines is 1. The fourth-order valence-electron chi connectivity index (χ4n) is 4.05. The fourth-order valence-corrected chi connectivity index (χ4v) is 4.97. The predicted octanol–water partition coefficient (Wildman–Crippen LogP) is 1.60. The number of fused-ring (bicyclic) bond motifs is 2. The summed E-state index contributed by atoms with van der Waals surface area (Å²) in [5.41, 5.74) is 6.32. The molecule has 2 fully saturated rings. The number of aromatic nitrogens is 2. The van der Waals surface area contributed by atoms with Crippen molar-refractivity contribution in [3.8, 4) is 0 Å². The van der Waals surface area contributed by atoms with Gasteiger partial charge in [-0.2, -0.15) is 0 Å². The van der Waals surface area contributed by atoms with Crippen LogP contribution in [0.1, 0.15) is 18.9 Å². The quantitative estimate of drug-likeness (QED) is 0.454. The zero-order chi connectivity index (χ0) is 19.6. The molecule has 2 aliphatic rings. The molecule has 2 aromatic heterocycles. The van der Waals surface area contributed by atoms with Gasteiger partial charge < -0.3 is 20.4 Å². The number of oxime groups is 1. The third-order valence-corrected chi connectivity index (χ3v) is 6.51. The Kier molecular flexibility index (Phi) is 3.81. The minimum atomic E-state index is -0.548. The van der Waals surface area contributed by atoms with Crippen molar-refractivity contribution in [1.29, 1.82) is 0 Å². The van der Waals surface area contributed by atoms with Crippen LogP contribution < -0.4 is 21.6 Å². The maximum atomic E-state index is 15.0. The lowest BCUT2D eigenvalue weighted by molar-refractivity contribution is 0.316. The van der Waals surface area contributed by atoms with Crippen molar-refractivity contribution in [2.24, 2.45) is 16.8 Å².